The van der Waals surface area contributed by atoms with Crippen molar-refractivity contribution in [2.24, 2.45) is 0 Å². The van der Waals surface area contributed by atoms with Crippen molar-refractivity contribution in [3.63, 3.8) is 0 Å². The number of nitrogen functional groups attached to an aromatic ring is 1. The standard InChI is InChI=1S/C15H22N2O2.ClH/c1-11-5-6-12(16)10-14(11)15(18)17-8-7-13-4-2-3-9-19-13;/h5-6,10,13H,2-4,7-9,16H2,1H3,(H,17,18);1H. The third kappa shape index (κ3) is 4.69. The SMILES string of the molecule is Cc1ccc(N)cc1C(=O)NCCC1CCCCO1.Cl. The Hall–Kier alpha value is -1.26. The lowest BCUT2D eigenvalue weighted by atomic mass is 10.1. The number of halogens is 1. The molecule has 5 heteroatoms. The number of carbonyl (C=O) groups is 1. The van der Waals surface area contributed by atoms with Crippen molar-refractivity contribution in [3.05, 3.63) is 29.3 Å². The van der Waals surface area contributed by atoms with E-state index in [1.54, 1.807) is 6.07 Å². The molecule has 0 aromatic heterocycles. The second kappa shape index (κ2) is 8.12. The van der Waals surface area contributed by atoms with Crippen LogP contribution in [-0.4, -0.2) is 25.2 Å². The summed E-state index contributed by atoms with van der Waals surface area (Å²) in [6.07, 6.45) is 4.68. The van der Waals surface area contributed by atoms with Crippen LogP contribution in [0.4, 0.5) is 5.69 Å². The first-order valence-electron chi connectivity index (χ1n) is 6.93. The molecular weight excluding hydrogens is 276 g/mol. The summed E-state index contributed by atoms with van der Waals surface area (Å²) in [5, 5.41) is 2.94. The summed E-state index contributed by atoms with van der Waals surface area (Å²) in [5.41, 5.74) is 7.93. The molecule has 1 unspecified atom stereocenters. The first-order chi connectivity index (χ1) is 9.16. The van der Waals surface area contributed by atoms with E-state index in [0.717, 1.165) is 31.4 Å². The van der Waals surface area contributed by atoms with E-state index < -0.39 is 0 Å². The van der Waals surface area contributed by atoms with E-state index in [0.29, 0.717) is 23.9 Å². The van der Waals surface area contributed by atoms with Crippen molar-refractivity contribution >= 4 is 24.0 Å². The maximum Gasteiger partial charge on any atom is 0.251 e. The van der Waals surface area contributed by atoms with Crippen LogP contribution < -0.4 is 11.1 Å². The molecule has 2 rings (SSSR count). The number of benzene rings is 1. The van der Waals surface area contributed by atoms with Gasteiger partial charge in [0, 0.05) is 24.4 Å². The number of nitrogens with one attached hydrogen (secondary N) is 1. The summed E-state index contributed by atoms with van der Waals surface area (Å²) in [4.78, 5) is 12.1. The molecule has 1 aromatic carbocycles. The molecule has 1 aromatic rings. The first-order valence-corrected chi connectivity index (χ1v) is 6.93. The Labute approximate surface area is 126 Å². The summed E-state index contributed by atoms with van der Waals surface area (Å²) in [6.45, 7) is 3.42. The maximum atomic E-state index is 12.1. The van der Waals surface area contributed by atoms with Gasteiger partial charge in [-0.3, -0.25) is 4.79 Å². The molecule has 1 fully saturated rings. The van der Waals surface area contributed by atoms with Crippen molar-refractivity contribution in [2.75, 3.05) is 18.9 Å². The summed E-state index contributed by atoms with van der Waals surface area (Å²) in [6, 6.07) is 5.40. The molecule has 1 aliphatic heterocycles. The Morgan fingerprint density at radius 3 is 2.95 bits per heavy atom. The van der Waals surface area contributed by atoms with Gasteiger partial charge in [-0.25, -0.2) is 0 Å². The van der Waals surface area contributed by atoms with Gasteiger partial charge < -0.3 is 15.8 Å². The van der Waals surface area contributed by atoms with Gasteiger partial charge in [0.2, 0.25) is 0 Å². The highest BCUT2D eigenvalue weighted by Gasteiger charge is 2.14. The average Bonchev–Trinajstić information content (AvgIpc) is 2.42. The lowest BCUT2D eigenvalue weighted by molar-refractivity contribution is 0.0117. The maximum absolute atomic E-state index is 12.1. The van der Waals surface area contributed by atoms with Crippen molar-refractivity contribution in [1.29, 1.82) is 0 Å². The Balaban J connectivity index is 0.00000200. The minimum Gasteiger partial charge on any atom is -0.399 e. The minimum atomic E-state index is -0.0550. The second-order valence-electron chi connectivity index (χ2n) is 5.11. The fourth-order valence-electron chi connectivity index (χ4n) is 2.36. The third-order valence-corrected chi connectivity index (χ3v) is 3.53. The molecule has 0 bridgehead atoms. The molecule has 1 atom stereocenters. The molecule has 0 spiro atoms. The summed E-state index contributed by atoms with van der Waals surface area (Å²) < 4.78 is 5.64. The van der Waals surface area contributed by atoms with Crippen LogP contribution in [0.3, 0.4) is 0 Å². The molecule has 4 nitrogen and oxygen atoms in total. The molecule has 1 heterocycles. The molecule has 20 heavy (non-hydrogen) atoms. The lowest BCUT2D eigenvalue weighted by Gasteiger charge is -2.22. The van der Waals surface area contributed by atoms with E-state index in [2.05, 4.69) is 5.32 Å². The smallest absolute Gasteiger partial charge is 0.251 e. The number of anilines is 1. The summed E-state index contributed by atoms with van der Waals surface area (Å²) >= 11 is 0. The fraction of sp³-hybridized carbons (Fsp3) is 0.533. The number of rotatable bonds is 4. The molecule has 0 saturated carbocycles. The quantitative estimate of drug-likeness (QED) is 0.840. The van der Waals surface area contributed by atoms with E-state index in [9.17, 15) is 4.79 Å². The van der Waals surface area contributed by atoms with Crippen LogP contribution in [0.15, 0.2) is 18.2 Å². The highest BCUT2D eigenvalue weighted by atomic mass is 35.5. The van der Waals surface area contributed by atoms with Crippen molar-refractivity contribution in [2.45, 2.75) is 38.7 Å². The van der Waals surface area contributed by atoms with Gasteiger partial charge in [0.15, 0.2) is 0 Å². The zero-order chi connectivity index (χ0) is 13.7. The van der Waals surface area contributed by atoms with Crippen molar-refractivity contribution in [3.8, 4) is 0 Å². The van der Waals surface area contributed by atoms with E-state index in [4.69, 9.17) is 10.5 Å². The predicted molar refractivity (Wildman–Crippen MR) is 83.4 cm³/mol. The Morgan fingerprint density at radius 1 is 1.45 bits per heavy atom. The van der Waals surface area contributed by atoms with Crippen LogP contribution >= 0.6 is 12.4 Å². The Morgan fingerprint density at radius 2 is 2.25 bits per heavy atom. The highest BCUT2D eigenvalue weighted by molar-refractivity contribution is 5.96. The van der Waals surface area contributed by atoms with Crippen LogP contribution in [0.1, 0.15) is 41.6 Å². The normalized spacial score (nSPS) is 18.1. The number of carbonyl (C=O) groups excluding carboxylic acids is 1. The van der Waals surface area contributed by atoms with E-state index >= 15 is 0 Å². The van der Waals surface area contributed by atoms with Crippen molar-refractivity contribution < 1.29 is 9.53 Å². The number of hydrogen-bond acceptors (Lipinski definition) is 3. The minimum absolute atomic E-state index is 0. The van der Waals surface area contributed by atoms with E-state index in [1.165, 1.54) is 6.42 Å². The number of ether oxygens (including phenoxy) is 1. The molecule has 3 N–H and O–H groups in total. The molecule has 1 amide bonds. The summed E-state index contributed by atoms with van der Waals surface area (Å²) in [5.74, 6) is -0.0550. The summed E-state index contributed by atoms with van der Waals surface area (Å²) in [7, 11) is 0. The molecular formula is C15H23ClN2O2. The van der Waals surface area contributed by atoms with Gasteiger partial charge in [-0.1, -0.05) is 6.07 Å². The van der Waals surface area contributed by atoms with Gasteiger partial charge in [0.1, 0.15) is 0 Å². The molecule has 0 radical (unpaired) electrons. The van der Waals surface area contributed by atoms with Crippen LogP contribution in [-0.2, 0) is 4.74 Å². The predicted octanol–water partition coefficient (Wildman–Crippen LogP) is 2.69. The molecule has 1 saturated heterocycles. The number of aryl methyl sites for hydroxylation is 1. The van der Waals surface area contributed by atoms with Gasteiger partial charge in [0.25, 0.3) is 5.91 Å². The van der Waals surface area contributed by atoms with Crippen LogP contribution in [0.2, 0.25) is 0 Å². The van der Waals surface area contributed by atoms with Gasteiger partial charge in [-0.15, -0.1) is 12.4 Å². The van der Waals surface area contributed by atoms with E-state index in [1.807, 2.05) is 19.1 Å². The van der Waals surface area contributed by atoms with Crippen molar-refractivity contribution in [1.82, 2.24) is 5.32 Å². The van der Waals surface area contributed by atoms with Gasteiger partial charge in [-0.05, 0) is 50.3 Å². The molecule has 112 valence electrons. The van der Waals surface area contributed by atoms with Crippen LogP contribution in [0.25, 0.3) is 0 Å². The highest BCUT2D eigenvalue weighted by Crippen LogP contribution is 2.15. The monoisotopic (exact) mass is 298 g/mol. The van der Waals surface area contributed by atoms with E-state index in [-0.39, 0.29) is 18.3 Å². The number of amides is 1. The Bertz CT molecular complexity index is 445. The number of hydrogen-bond donors (Lipinski definition) is 2. The third-order valence-electron chi connectivity index (χ3n) is 3.53. The van der Waals surface area contributed by atoms with Gasteiger partial charge in [0.05, 0.1) is 6.10 Å². The zero-order valence-electron chi connectivity index (χ0n) is 11.9. The van der Waals surface area contributed by atoms with Gasteiger partial charge in [-0.2, -0.15) is 0 Å². The topological polar surface area (TPSA) is 64.4 Å². The number of nitrogens with two attached hydrogens (primary N) is 1. The second-order valence-corrected chi connectivity index (χ2v) is 5.11. The zero-order valence-corrected chi connectivity index (χ0v) is 12.7. The average molecular weight is 299 g/mol. The van der Waals surface area contributed by atoms with Gasteiger partial charge >= 0.3 is 0 Å². The van der Waals surface area contributed by atoms with Crippen LogP contribution in [0, 0.1) is 6.92 Å². The Kier molecular flexibility index (Phi) is 6.82. The fourth-order valence-corrected chi connectivity index (χ4v) is 2.36. The van der Waals surface area contributed by atoms with Crippen LogP contribution in [0.5, 0.6) is 0 Å². The first kappa shape index (κ1) is 16.8. The molecule has 1 aliphatic rings. The molecule has 0 aliphatic carbocycles. The largest absolute Gasteiger partial charge is 0.399 e. The lowest BCUT2D eigenvalue weighted by Crippen LogP contribution is -2.29.